The molecule has 0 spiro atoms. The molecule has 0 radical (unpaired) electrons. The highest BCUT2D eigenvalue weighted by Crippen LogP contribution is 2.28. The molecular formula is C12H17IO8S. The Kier molecular flexibility index (Phi) is 8.43. The normalized spacial score (nSPS) is 27.8. The van der Waals surface area contributed by atoms with E-state index in [1.807, 2.05) is 21.2 Å². The van der Waals surface area contributed by atoms with Gasteiger partial charge in [-0.2, -0.15) is 0 Å². The Morgan fingerprint density at radius 3 is 2.18 bits per heavy atom. The van der Waals surface area contributed by atoms with Gasteiger partial charge in [-0.25, -0.2) is 0 Å². The van der Waals surface area contributed by atoms with Gasteiger partial charge in [0.1, 0.15) is 6.10 Å². The zero-order chi connectivity index (χ0) is 16.7. The first-order valence-corrected chi connectivity index (χ1v) is 9.69. The summed E-state index contributed by atoms with van der Waals surface area (Å²) in [5.41, 5.74) is 0. The fraction of sp³-hybridized carbons (Fsp3) is 0.750. The van der Waals surface area contributed by atoms with Crippen molar-refractivity contribution in [3.8, 4) is 0 Å². The quantitative estimate of drug-likeness (QED) is 0.260. The molecule has 1 heterocycles. The highest BCUT2D eigenvalue weighted by Gasteiger charge is 2.45. The number of carbonyl (C=O) groups is 3. The predicted octanol–water partition coefficient (Wildman–Crippen LogP) is 1.54. The van der Waals surface area contributed by atoms with Crippen molar-refractivity contribution in [1.82, 2.24) is 0 Å². The van der Waals surface area contributed by atoms with Gasteiger partial charge in [0.05, 0.1) is 21.9 Å². The van der Waals surface area contributed by atoms with E-state index in [4.69, 9.17) is 23.1 Å². The number of halogens is 1. The van der Waals surface area contributed by atoms with Crippen LogP contribution in [0.25, 0.3) is 0 Å². The summed E-state index contributed by atoms with van der Waals surface area (Å²) in [6.07, 6.45) is -3.18. The molecule has 1 fully saturated rings. The summed E-state index contributed by atoms with van der Waals surface area (Å²) in [6, 6.07) is 0. The summed E-state index contributed by atoms with van der Waals surface area (Å²) >= 11 is 1.95. The van der Waals surface area contributed by atoms with Crippen LogP contribution in [0.15, 0.2) is 0 Å². The number of hydrogen-bond donors (Lipinski definition) is 0. The van der Waals surface area contributed by atoms with Crippen molar-refractivity contribution >= 4 is 48.3 Å². The predicted molar refractivity (Wildman–Crippen MR) is 83.7 cm³/mol. The Bertz CT molecular complexity index is 392. The Hall–Kier alpha value is -0.590. The van der Waals surface area contributed by atoms with Crippen LogP contribution in [-0.4, -0.2) is 49.1 Å². The number of esters is 3. The number of rotatable bonds is 6. The molecule has 0 aromatic carbocycles. The van der Waals surface area contributed by atoms with Crippen LogP contribution in [0.5, 0.6) is 0 Å². The van der Waals surface area contributed by atoms with Gasteiger partial charge in [-0.05, 0) is 0 Å². The van der Waals surface area contributed by atoms with Gasteiger partial charge in [0, 0.05) is 48.4 Å². The molecule has 126 valence electrons. The van der Waals surface area contributed by atoms with E-state index in [0.717, 1.165) is 9.21 Å². The molecule has 8 nitrogen and oxygen atoms in total. The van der Waals surface area contributed by atoms with Gasteiger partial charge in [0.25, 0.3) is 0 Å². The third-order valence-electron chi connectivity index (χ3n) is 2.66. The van der Waals surface area contributed by atoms with E-state index in [1.165, 1.54) is 20.8 Å². The first kappa shape index (κ1) is 19.5. The molecule has 10 heteroatoms. The highest BCUT2D eigenvalue weighted by atomic mass is 127. The lowest BCUT2D eigenvalue weighted by molar-refractivity contribution is -0.269. The van der Waals surface area contributed by atoms with E-state index in [-0.39, 0.29) is 13.0 Å². The molecule has 4 unspecified atom stereocenters. The zero-order valence-corrected chi connectivity index (χ0v) is 15.2. The Balaban J connectivity index is 2.90. The topological polar surface area (TPSA) is 97.4 Å². The molecule has 1 saturated heterocycles. The molecule has 0 N–H and O–H groups in total. The van der Waals surface area contributed by atoms with E-state index in [2.05, 4.69) is 0 Å². The lowest BCUT2D eigenvalue weighted by Gasteiger charge is -2.39. The second kappa shape index (κ2) is 9.53. The van der Waals surface area contributed by atoms with Gasteiger partial charge in [-0.3, -0.25) is 14.4 Å². The van der Waals surface area contributed by atoms with Gasteiger partial charge in [0.2, 0.25) is 12.4 Å². The van der Waals surface area contributed by atoms with E-state index in [9.17, 15) is 14.4 Å². The summed E-state index contributed by atoms with van der Waals surface area (Å²) < 4.78 is 26.1. The molecule has 0 saturated carbocycles. The van der Waals surface area contributed by atoms with Gasteiger partial charge in [-0.15, -0.1) is 0 Å². The van der Waals surface area contributed by atoms with Crippen LogP contribution in [0.1, 0.15) is 27.2 Å². The second-order valence-electron chi connectivity index (χ2n) is 4.54. The molecule has 0 amide bonds. The first-order valence-electron chi connectivity index (χ1n) is 6.40. The minimum Gasteiger partial charge on any atom is -0.458 e. The van der Waals surface area contributed by atoms with E-state index >= 15 is 0 Å². The van der Waals surface area contributed by atoms with E-state index in [1.54, 1.807) is 0 Å². The molecule has 22 heavy (non-hydrogen) atoms. The summed E-state index contributed by atoms with van der Waals surface area (Å²) in [6.45, 7) is 3.86. The molecule has 4 atom stereocenters. The summed E-state index contributed by atoms with van der Waals surface area (Å²) in [5.74, 6) is -1.73. The number of carbonyl (C=O) groups excluding carboxylic acids is 3. The first-order chi connectivity index (χ1) is 10.3. The minimum absolute atomic E-state index is 0.204. The molecule has 1 aliphatic rings. The van der Waals surface area contributed by atoms with Crippen LogP contribution < -0.4 is 0 Å². The van der Waals surface area contributed by atoms with Crippen LogP contribution in [0.4, 0.5) is 0 Å². The third-order valence-corrected chi connectivity index (χ3v) is 3.64. The maximum Gasteiger partial charge on any atom is 0.305 e. The van der Waals surface area contributed by atoms with E-state index in [0.29, 0.717) is 0 Å². The van der Waals surface area contributed by atoms with Crippen molar-refractivity contribution in [2.24, 2.45) is 0 Å². The van der Waals surface area contributed by atoms with Crippen molar-refractivity contribution in [3.05, 3.63) is 0 Å². The van der Waals surface area contributed by atoms with Crippen molar-refractivity contribution in [3.63, 3.8) is 0 Å². The van der Waals surface area contributed by atoms with Gasteiger partial charge in [0.15, 0.2) is 0 Å². The van der Waals surface area contributed by atoms with E-state index < -0.39 is 42.5 Å². The average Bonchev–Trinajstić information content (AvgIpc) is 2.38. The van der Waals surface area contributed by atoms with Crippen molar-refractivity contribution in [2.45, 2.75) is 51.8 Å². The van der Waals surface area contributed by atoms with Gasteiger partial charge < -0.3 is 23.1 Å². The van der Waals surface area contributed by atoms with Crippen LogP contribution >= 0.6 is 30.4 Å². The lowest BCUT2D eigenvalue weighted by Crippen LogP contribution is -2.54. The smallest absolute Gasteiger partial charge is 0.305 e. The molecule has 0 aromatic heterocycles. The lowest BCUT2D eigenvalue weighted by atomic mass is 10.0. The SMILES string of the molecule is CC(=O)OC1CC(COSI)OC(OC(C)=O)C1OC(C)=O. The Morgan fingerprint density at radius 1 is 1.09 bits per heavy atom. The van der Waals surface area contributed by atoms with Crippen LogP contribution in [0.3, 0.4) is 0 Å². The largest absolute Gasteiger partial charge is 0.458 e. The highest BCUT2D eigenvalue weighted by molar-refractivity contribution is 14.2. The standard InChI is InChI=1S/C12H17IO8S/c1-6(14)18-10-4-9(5-17-22-13)21-12(20-8(3)16)11(10)19-7(2)15/h9-12H,4-5H2,1-3H3. The van der Waals surface area contributed by atoms with Crippen molar-refractivity contribution in [2.75, 3.05) is 6.61 Å². The Morgan fingerprint density at radius 2 is 1.68 bits per heavy atom. The van der Waals surface area contributed by atoms with Crippen LogP contribution in [-0.2, 0) is 37.5 Å². The maximum absolute atomic E-state index is 11.2. The Labute approximate surface area is 144 Å². The minimum atomic E-state index is -1.16. The monoisotopic (exact) mass is 448 g/mol. The molecule has 0 aromatic rings. The fourth-order valence-corrected chi connectivity index (χ4v) is 2.65. The molecule has 0 aliphatic carbocycles. The van der Waals surface area contributed by atoms with Gasteiger partial charge >= 0.3 is 17.9 Å². The average molecular weight is 448 g/mol. The van der Waals surface area contributed by atoms with Crippen LogP contribution in [0, 0.1) is 0 Å². The summed E-state index contributed by atoms with van der Waals surface area (Å²) in [4.78, 5) is 33.7. The van der Waals surface area contributed by atoms with Crippen LogP contribution in [0.2, 0.25) is 0 Å². The second-order valence-corrected chi connectivity index (χ2v) is 5.98. The zero-order valence-electron chi connectivity index (χ0n) is 12.3. The fourth-order valence-electron chi connectivity index (χ4n) is 2.01. The number of ether oxygens (including phenoxy) is 4. The summed E-state index contributed by atoms with van der Waals surface area (Å²) in [5, 5.41) is 0. The third kappa shape index (κ3) is 6.67. The molecule has 0 bridgehead atoms. The summed E-state index contributed by atoms with van der Waals surface area (Å²) in [7, 11) is 1.13. The number of hydrogen-bond acceptors (Lipinski definition) is 9. The van der Waals surface area contributed by atoms with Crippen molar-refractivity contribution in [1.29, 1.82) is 0 Å². The molecule has 1 rings (SSSR count). The van der Waals surface area contributed by atoms with Gasteiger partial charge in [-0.1, -0.05) is 0 Å². The maximum atomic E-state index is 11.2. The van der Waals surface area contributed by atoms with Crippen molar-refractivity contribution < 1.29 is 37.5 Å². The molecule has 1 aliphatic heterocycles. The molecular weight excluding hydrogens is 431 g/mol.